The first-order chi connectivity index (χ1) is 21.6. The summed E-state index contributed by atoms with van der Waals surface area (Å²) < 4.78 is 27.4. The third kappa shape index (κ3) is 5.05. The molecule has 1 heterocycles. The number of carbonyl (C=O) groups excluding carboxylic acids is 1. The van der Waals surface area contributed by atoms with Gasteiger partial charge in [0, 0.05) is 0 Å². The van der Waals surface area contributed by atoms with Crippen molar-refractivity contribution < 1.29 is 18.7 Å². The van der Waals surface area contributed by atoms with Crippen LogP contribution >= 0.6 is 0 Å². The number of hydrogen-bond acceptors (Lipinski definition) is 4. The predicted octanol–water partition coefficient (Wildman–Crippen LogP) is 8.37. The summed E-state index contributed by atoms with van der Waals surface area (Å²) in [4.78, 5) is 13.1. The molecule has 6 heteroatoms. The summed E-state index contributed by atoms with van der Waals surface area (Å²) in [5.41, 5.74) is 4.34. The summed E-state index contributed by atoms with van der Waals surface area (Å²) in [7, 11) is 1.54. The van der Waals surface area contributed by atoms with Crippen LogP contribution in [0.2, 0.25) is 0 Å². The lowest BCUT2D eigenvalue weighted by Crippen LogP contribution is -2.38. The third-order valence-electron chi connectivity index (χ3n) is 7.70. The van der Waals surface area contributed by atoms with Gasteiger partial charge in [0.25, 0.3) is 0 Å². The van der Waals surface area contributed by atoms with Gasteiger partial charge in [-0.15, -0.1) is 0 Å². The summed E-state index contributed by atoms with van der Waals surface area (Å²) in [6, 6.07) is 40.6. The molecule has 5 nitrogen and oxygen atoms in total. The van der Waals surface area contributed by atoms with Crippen molar-refractivity contribution in [1.82, 2.24) is 9.78 Å². The number of halogens is 1. The van der Waals surface area contributed by atoms with Crippen LogP contribution in [-0.2, 0) is 10.3 Å². The van der Waals surface area contributed by atoms with Gasteiger partial charge in [0.1, 0.15) is 22.7 Å². The largest absolute Gasteiger partial charge is 0.495 e. The van der Waals surface area contributed by atoms with E-state index in [4.69, 9.17) is 14.6 Å². The molecule has 0 saturated heterocycles. The van der Waals surface area contributed by atoms with Gasteiger partial charge in [-0.05, 0) is 59.5 Å². The second kappa shape index (κ2) is 12.4. The first-order valence-electron chi connectivity index (χ1n) is 14.5. The summed E-state index contributed by atoms with van der Waals surface area (Å²) in [5, 5.41) is 5.92. The minimum atomic E-state index is -0.913. The van der Waals surface area contributed by atoms with Crippen molar-refractivity contribution in [2.24, 2.45) is 0 Å². The Kier molecular flexibility index (Phi) is 8.06. The lowest BCUT2D eigenvalue weighted by atomic mass is 9.77. The number of carbonyl (C=O) groups is 1. The van der Waals surface area contributed by atoms with E-state index in [1.807, 2.05) is 77.5 Å². The number of benzene rings is 5. The van der Waals surface area contributed by atoms with Crippen LogP contribution in [0.1, 0.15) is 45.2 Å². The molecule has 0 fully saturated rings. The van der Waals surface area contributed by atoms with Gasteiger partial charge in [-0.25, -0.2) is 13.9 Å². The molecule has 0 aliphatic heterocycles. The molecule has 6 rings (SSSR count). The van der Waals surface area contributed by atoms with E-state index in [-0.39, 0.29) is 12.4 Å². The molecule has 0 N–H and O–H groups in total. The van der Waals surface area contributed by atoms with E-state index >= 15 is 0 Å². The standard InChI is InChI=1S/C38H31FN2O3/c1-3-44-37(42)32-23-25-34-35(36(32)43-2)33(24-22-27-14-13-21-31(39)26-27)40-41(34)38(28-15-7-4-8-16-28,29-17-9-5-10-18-29)30-19-11-6-12-20-30/h4-26H,3H2,1-2H3. The minimum absolute atomic E-state index is 0.227. The van der Waals surface area contributed by atoms with Crippen LogP contribution in [0.4, 0.5) is 4.39 Å². The first kappa shape index (κ1) is 28.6. The van der Waals surface area contributed by atoms with Crippen LogP contribution in [0.3, 0.4) is 0 Å². The highest BCUT2D eigenvalue weighted by molar-refractivity contribution is 6.04. The quantitative estimate of drug-likeness (QED) is 0.127. The minimum Gasteiger partial charge on any atom is -0.495 e. The SMILES string of the molecule is CCOC(=O)c1ccc2c(c(C=Cc3cccc(F)c3)nn2C(c2ccccc2)(c2ccccc2)c2ccccc2)c1OC. The van der Waals surface area contributed by atoms with Crippen molar-refractivity contribution in [1.29, 1.82) is 0 Å². The monoisotopic (exact) mass is 582 g/mol. The number of ether oxygens (including phenoxy) is 2. The summed E-state index contributed by atoms with van der Waals surface area (Å²) in [5.74, 6) is -0.463. The van der Waals surface area contributed by atoms with Crippen LogP contribution < -0.4 is 4.74 Å². The number of methoxy groups -OCH3 is 1. The van der Waals surface area contributed by atoms with E-state index in [9.17, 15) is 9.18 Å². The van der Waals surface area contributed by atoms with Crippen molar-refractivity contribution in [2.75, 3.05) is 13.7 Å². The Hall–Kier alpha value is -5.49. The lowest BCUT2D eigenvalue weighted by molar-refractivity contribution is 0.0523. The summed E-state index contributed by atoms with van der Waals surface area (Å²) in [6.45, 7) is 1.99. The average Bonchev–Trinajstić information content (AvgIpc) is 3.44. The fourth-order valence-electron chi connectivity index (χ4n) is 5.85. The zero-order chi connectivity index (χ0) is 30.5. The Morgan fingerprint density at radius 2 is 1.39 bits per heavy atom. The molecule has 44 heavy (non-hydrogen) atoms. The molecule has 0 radical (unpaired) electrons. The highest BCUT2D eigenvalue weighted by atomic mass is 19.1. The van der Waals surface area contributed by atoms with Gasteiger partial charge in [0.2, 0.25) is 0 Å². The zero-order valence-electron chi connectivity index (χ0n) is 24.5. The van der Waals surface area contributed by atoms with Gasteiger partial charge < -0.3 is 9.47 Å². The number of nitrogens with zero attached hydrogens (tertiary/aromatic N) is 2. The number of fused-ring (bicyclic) bond motifs is 1. The van der Waals surface area contributed by atoms with E-state index in [0.717, 1.165) is 22.2 Å². The summed E-state index contributed by atoms with van der Waals surface area (Å²) >= 11 is 0. The van der Waals surface area contributed by atoms with Gasteiger partial charge in [0.15, 0.2) is 0 Å². The number of hydrogen-bond donors (Lipinski definition) is 0. The highest BCUT2D eigenvalue weighted by Gasteiger charge is 2.41. The van der Waals surface area contributed by atoms with Gasteiger partial charge in [-0.1, -0.05) is 109 Å². The maximum Gasteiger partial charge on any atom is 0.341 e. The van der Waals surface area contributed by atoms with Crippen LogP contribution in [-0.4, -0.2) is 29.5 Å². The van der Waals surface area contributed by atoms with Gasteiger partial charge in [-0.2, -0.15) is 5.10 Å². The van der Waals surface area contributed by atoms with E-state index in [0.29, 0.717) is 28.0 Å². The molecular formula is C38H31FN2O3. The molecule has 1 aromatic heterocycles. The van der Waals surface area contributed by atoms with Crippen molar-refractivity contribution in [3.05, 3.63) is 167 Å². The van der Waals surface area contributed by atoms with E-state index in [1.54, 1.807) is 25.1 Å². The van der Waals surface area contributed by atoms with Crippen LogP contribution in [0.25, 0.3) is 23.1 Å². The highest BCUT2D eigenvalue weighted by Crippen LogP contribution is 2.45. The fourth-order valence-corrected chi connectivity index (χ4v) is 5.85. The topological polar surface area (TPSA) is 53.3 Å². The van der Waals surface area contributed by atoms with E-state index in [1.165, 1.54) is 19.2 Å². The van der Waals surface area contributed by atoms with Crippen molar-refractivity contribution >= 4 is 29.0 Å². The smallest absolute Gasteiger partial charge is 0.341 e. The third-order valence-corrected chi connectivity index (χ3v) is 7.70. The Morgan fingerprint density at radius 3 is 1.91 bits per heavy atom. The molecule has 0 bridgehead atoms. The second-order valence-electron chi connectivity index (χ2n) is 10.3. The normalized spacial score (nSPS) is 11.6. The van der Waals surface area contributed by atoms with Gasteiger partial charge in [-0.3, -0.25) is 0 Å². The zero-order valence-corrected chi connectivity index (χ0v) is 24.5. The molecule has 0 atom stereocenters. The Morgan fingerprint density at radius 1 is 0.795 bits per heavy atom. The van der Waals surface area contributed by atoms with Crippen LogP contribution in [0, 0.1) is 5.82 Å². The number of rotatable bonds is 9. The van der Waals surface area contributed by atoms with Gasteiger partial charge >= 0.3 is 5.97 Å². The average molecular weight is 583 g/mol. The van der Waals surface area contributed by atoms with Gasteiger partial charge in [0.05, 0.1) is 30.3 Å². The molecule has 0 saturated carbocycles. The van der Waals surface area contributed by atoms with E-state index < -0.39 is 11.5 Å². The van der Waals surface area contributed by atoms with E-state index in [2.05, 4.69) is 36.4 Å². The van der Waals surface area contributed by atoms with Crippen molar-refractivity contribution in [2.45, 2.75) is 12.5 Å². The molecule has 218 valence electrons. The number of aromatic nitrogens is 2. The maximum absolute atomic E-state index is 14.1. The predicted molar refractivity (Wildman–Crippen MR) is 172 cm³/mol. The Bertz CT molecular complexity index is 1840. The van der Waals surface area contributed by atoms with Crippen molar-refractivity contribution in [3.8, 4) is 5.75 Å². The number of esters is 1. The fraction of sp³-hybridized carbons (Fsp3) is 0.105. The van der Waals surface area contributed by atoms with Crippen molar-refractivity contribution in [3.63, 3.8) is 0 Å². The molecule has 5 aromatic carbocycles. The molecule has 0 amide bonds. The first-order valence-corrected chi connectivity index (χ1v) is 14.5. The molecule has 0 spiro atoms. The molecule has 0 unspecified atom stereocenters. The maximum atomic E-state index is 14.1. The lowest BCUT2D eigenvalue weighted by Gasteiger charge is -2.37. The molecular weight excluding hydrogens is 551 g/mol. The summed E-state index contributed by atoms with van der Waals surface area (Å²) in [6.07, 6.45) is 3.64. The Balaban J connectivity index is 1.75. The van der Waals surface area contributed by atoms with Crippen LogP contribution in [0.15, 0.2) is 127 Å². The second-order valence-corrected chi connectivity index (χ2v) is 10.3. The molecule has 0 aliphatic rings. The van der Waals surface area contributed by atoms with Crippen LogP contribution in [0.5, 0.6) is 5.75 Å². The Labute approximate surface area is 255 Å². The molecule has 0 aliphatic carbocycles. The molecule has 6 aromatic rings.